The van der Waals surface area contributed by atoms with Gasteiger partial charge in [-0.15, -0.1) is 0 Å². The molecule has 21 heavy (non-hydrogen) atoms. The van der Waals surface area contributed by atoms with Crippen LogP contribution in [0.15, 0.2) is 40.9 Å². The molecule has 0 aliphatic carbocycles. The summed E-state index contributed by atoms with van der Waals surface area (Å²) < 4.78 is 25.1. The van der Waals surface area contributed by atoms with E-state index < -0.39 is 0 Å². The minimum atomic E-state index is -0.270. The molecule has 5 heteroatoms. The van der Waals surface area contributed by atoms with E-state index in [0.29, 0.717) is 19.6 Å². The van der Waals surface area contributed by atoms with Crippen LogP contribution in [-0.4, -0.2) is 13.2 Å². The van der Waals surface area contributed by atoms with Crippen LogP contribution in [0.25, 0.3) is 0 Å². The Bertz CT molecular complexity index is 663. The van der Waals surface area contributed by atoms with E-state index in [1.54, 1.807) is 6.07 Å². The van der Waals surface area contributed by atoms with Crippen LogP contribution in [0.1, 0.15) is 17.2 Å². The minimum absolute atomic E-state index is 0.247. The van der Waals surface area contributed by atoms with Gasteiger partial charge in [0.15, 0.2) is 11.5 Å². The highest BCUT2D eigenvalue weighted by Crippen LogP contribution is 2.37. The molecule has 0 saturated heterocycles. The maximum Gasteiger partial charge on any atom is 0.166 e. The van der Waals surface area contributed by atoms with E-state index in [-0.39, 0.29) is 11.9 Å². The maximum atomic E-state index is 13.1. The monoisotopic (exact) mass is 351 g/mol. The van der Waals surface area contributed by atoms with E-state index in [1.165, 1.54) is 12.1 Å². The molecular formula is C16H15BrFNO2. The van der Waals surface area contributed by atoms with E-state index in [1.807, 2.05) is 18.2 Å². The van der Waals surface area contributed by atoms with Crippen molar-refractivity contribution >= 4 is 15.9 Å². The topological polar surface area (TPSA) is 44.5 Å². The first-order valence-corrected chi connectivity index (χ1v) is 7.52. The fourth-order valence-corrected chi connectivity index (χ4v) is 2.94. The standard InChI is InChI=1S/C16H15BrFNO2/c17-13-9-11(18)5-4-10(13)8-14(19)12-2-1-3-15-16(12)21-7-6-20-15/h1-5,9,14H,6-8,19H2. The van der Waals surface area contributed by atoms with Crippen molar-refractivity contribution in [1.29, 1.82) is 0 Å². The Morgan fingerprint density at radius 1 is 1.19 bits per heavy atom. The Morgan fingerprint density at radius 3 is 2.81 bits per heavy atom. The minimum Gasteiger partial charge on any atom is -0.486 e. The molecule has 2 aromatic rings. The van der Waals surface area contributed by atoms with Crippen molar-refractivity contribution in [3.8, 4) is 11.5 Å². The summed E-state index contributed by atoms with van der Waals surface area (Å²) in [6.45, 7) is 1.08. The maximum absolute atomic E-state index is 13.1. The molecule has 0 radical (unpaired) electrons. The van der Waals surface area contributed by atoms with Gasteiger partial charge < -0.3 is 15.2 Å². The summed E-state index contributed by atoms with van der Waals surface area (Å²) in [6, 6.07) is 10.1. The van der Waals surface area contributed by atoms with E-state index in [2.05, 4.69) is 15.9 Å². The molecular weight excluding hydrogens is 337 g/mol. The first-order valence-electron chi connectivity index (χ1n) is 6.73. The molecule has 2 N–H and O–H groups in total. The summed E-state index contributed by atoms with van der Waals surface area (Å²) in [6.07, 6.45) is 0.584. The van der Waals surface area contributed by atoms with E-state index >= 15 is 0 Å². The first-order chi connectivity index (χ1) is 10.1. The number of nitrogens with two attached hydrogens (primary N) is 1. The van der Waals surface area contributed by atoms with Crippen LogP contribution in [0, 0.1) is 5.82 Å². The molecule has 1 aliphatic heterocycles. The predicted molar refractivity (Wildman–Crippen MR) is 82.2 cm³/mol. The van der Waals surface area contributed by atoms with E-state index in [4.69, 9.17) is 15.2 Å². The molecule has 0 aromatic heterocycles. The third kappa shape index (κ3) is 3.04. The summed E-state index contributed by atoms with van der Waals surface area (Å²) in [4.78, 5) is 0. The van der Waals surface area contributed by atoms with Crippen molar-refractivity contribution in [2.24, 2.45) is 5.73 Å². The fourth-order valence-electron chi connectivity index (χ4n) is 2.42. The molecule has 0 bridgehead atoms. The zero-order valence-corrected chi connectivity index (χ0v) is 12.9. The van der Waals surface area contributed by atoms with Gasteiger partial charge >= 0.3 is 0 Å². The molecule has 1 heterocycles. The van der Waals surface area contributed by atoms with Gasteiger partial charge in [0.25, 0.3) is 0 Å². The number of halogens is 2. The highest BCUT2D eigenvalue weighted by atomic mass is 79.9. The molecule has 110 valence electrons. The first kappa shape index (κ1) is 14.4. The summed E-state index contributed by atoms with van der Waals surface area (Å²) >= 11 is 3.37. The lowest BCUT2D eigenvalue weighted by Crippen LogP contribution is -2.20. The second kappa shape index (κ2) is 6.03. The number of ether oxygens (including phenoxy) is 2. The van der Waals surface area contributed by atoms with Crippen LogP contribution in [0.4, 0.5) is 4.39 Å². The Balaban J connectivity index is 1.87. The van der Waals surface area contributed by atoms with Crippen LogP contribution in [0.5, 0.6) is 11.5 Å². The smallest absolute Gasteiger partial charge is 0.166 e. The molecule has 0 fully saturated rings. The lowest BCUT2D eigenvalue weighted by Gasteiger charge is -2.23. The largest absolute Gasteiger partial charge is 0.486 e. The van der Waals surface area contributed by atoms with Crippen molar-refractivity contribution in [1.82, 2.24) is 0 Å². The average molecular weight is 352 g/mol. The Morgan fingerprint density at radius 2 is 2.00 bits per heavy atom. The van der Waals surface area contributed by atoms with E-state index in [9.17, 15) is 4.39 Å². The van der Waals surface area contributed by atoms with Crippen LogP contribution < -0.4 is 15.2 Å². The van der Waals surface area contributed by atoms with Crippen LogP contribution in [-0.2, 0) is 6.42 Å². The third-order valence-corrected chi connectivity index (χ3v) is 4.19. The second-order valence-corrected chi connectivity index (χ2v) is 5.77. The zero-order chi connectivity index (χ0) is 14.8. The molecule has 1 unspecified atom stereocenters. The molecule has 0 amide bonds. The quantitative estimate of drug-likeness (QED) is 0.918. The van der Waals surface area contributed by atoms with Gasteiger partial charge in [0.1, 0.15) is 19.0 Å². The number of rotatable bonds is 3. The summed E-state index contributed by atoms with van der Waals surface area (Å²) in [5.74, 6) is 1.18. The molecule has 0 saturated carbocycles. The van der Waals surface area contributed by atoms with Gasteiger partial charge in [-0.3, -0.25) is 0 Å². The van der Waals surface area contributed by atoms with Gasteiger partial charge in [-0.2, -0.15) is 0 Å². The van der Waals surface area contributed by atoms with Crippen LogP contribution >= 0.6 is 15.9 Å². The van der Waals surface area contributed by atoms with Crippen molar-refractivity contribution < 1.29 is 13.9 Å². The van der Waals surface area contributed by atoms with Gasteiger partial charge in [0.2, 0.25) is 0 Å². The summed E-state index contributed by atoms with van der Waals surface area (Å²) in [7, 11) is 0. The van der Waals surface area contributed by atoms with Gasteiger partial charge in [-0.1, -0.05) is 34.1 Å². The lowest BCUT2D eigenvalue weighted by molar-refractivity contribution is 0.169. The number of para-hydroxylation sites is 1. The van der Waals surface area contributed by atoms with Crippen molar-refractivity contribution in [2.45, 2.75) is 12.5 Å². The highest BCUT2D eigenvalue weighted by Gasteiger charge is 2.20. The molecule has 3 rings (SSSR count). The van der Waals surface area contributed by atoms with Gasteiger partial charge in [-0.25, -0.2) is 4.39 Å². The molecule has 3 nitrogen and oxygen atoms in total. The Kier molecular flexibility index (Phi) is 4.12. The van der Waals surface area contributed by atoms with Crippen molar-refractivity contribution in [2.75, 3.05) is 13.2 Å². The molecule has 1 aliphatic rings. The number of fused-ring (bicyclic) bond motifs is 1. The highest BCUT2D eigenvalue weighted by molar-refractivity contribution is 9.10. The van der Waals surface area contributed by atoms with Crippen molar-refractivity contribution in [3.05, 3.63) is 57.8 Å². The van der Waals surface area contributed by atoms with Crippen LogP contribution in [0.3, 0.4) is 0 Å². The fraction of sp³-hybridized carbons (Fsp3) is 0.250. The van der Waals surface area contributed by atoms with Gasteiger partial charge in [0.05, 0.1) is 0 Å². The number of hydrogen-bond donors (Lipinski definition) is 1. The normalized spacial score (nSPS) is 14.8. The zero-order valence-electron chi connectivity index (χ0n) is 11.3. The molecule has 0 spiro atoms. The van der Waals surface area contributed by atoms with Crippen molar-refractivity contribution in [3.63, 3.8) is 0 Å². The SMILES string of the molecule is NC(Cc1ccc(F)cc1Br)c1cccc2c1OCCO2. The number of benzene rings is 2. The average Bonchev–Trinajstić information content (AvgIpc) is 2.49. The van der Waals surface area contributed by atoms with Crippen LogP contribution in [0.2, 0.25) is 0 Å². The number of hydrogen-bond acceptors (Lipinski definition) is 3. The Labute approximate surface area is 131 Å². The summed E-state index contributed by atoms with van der Waals surface area (Å²) in [5.41, 5.74) is 8.17. The van der Waals surface area contributed by atoms with E-state index in [0.717, 1.165) is 27.1 Å². The predicted octanol–water partition coefficient (Wildman–Crippen LogP) is 3.60. The third-order valence-electron chi connectivity index (χ3n) is 3.45. The second-order valence-electron chi connectivity index (χ2n) is 4.92. The molecule has 1 atom stereocenters. The van der Waals surface area contributed by atoms with Gasteiger partial charge in [-0.05, 0) is 30.2 Å². The summed E-state index contributed by atoms with van der Waals surface area (Å²) in [5, 5.41) is 0. The van der Waals surface area contributed by atoms with Gasteiger partial charge in [0, 0.05) is 16.1 Å². The lowest BCUT2D eigenvalue weighted by atomic mass is 9.98. The Hall–Kier alpha value is -1.59. The molecule has 2 aromatic carbocycles.